The summed E-state index contributed by atoms with van der Waals surface area (Å²) < 4.78 is 42.1. The van der Waals surface area contributed by atoms with E-state index in [4.69, 9.17) is 13.7 Å². The number of hydrogen-bond acceptors (Lipinski definition) is 7. The fraction of sp³-hybridized carbons (Fsp3) is 0.680. The van der Waals surface area contributed by atoms with Crippen LogP contribution in [0.2, 0.25) is 0 Å². The third-order valence-corrected chi connectivity index (χ3v) is 8.06. The third kappa shape index (κ3) is 7.65. The molecular weight excluding hydrogens is 474 g/mol. The van der Waals surface area contributed by atoms with Crippen molar-refractivity contribution in [2.75, 3.05) is 13.2 Å². The standard InChI is InChI=1S/C25H37NO8S/c1-18-9-12-22(13-10-18)35(30,31)33-16-19(11-14-23(27)34-21-7-5-4-6-8-21)15-20-17-32-25(2,3)26(20)24(28)29/h9-10,12-13,19-21H,4-8,11,14-17H2,1-3H3,(H,28,29)/t19-,20?/m0/s1. The zero-order valence-electron chi connectivity index (χ0n) is 20.8. The van der Waals surface area contributed by atoms with Crippen LogP contribution in [-0.2, 0) is 28.6 Å². The molecule has 1 saturated heterocycles. The van der Waals surface area contributed by atoms with E-state index in [1.54, 1.807) is 26.0 Å². The minimum Gasteiger partial charge on any atom is -0.465 e. The predicted molar refractivity (Wildman–Crippen MR) is 128 cm³/mol. The molecule has 2 atom stereocenters. The average Bonchev–Trinajstić information content (AvgIpc) is 3.10. The molecule has 1 aromatic carbocycles. The molecule has 2 aliphatic rings. The van der Waals surface area contributed by atoms with E-state index in [-0.39, 0.29) is 36.6 Å². The van der Waals surface area contributed by atoms with Crippen molar-refractivity contribution in [2.45, 2.75) is 94.9 Å². The Bertz CT molecular complexity index is 970. The lowest BCUT2D eigenvalue weighted by atomic mass is 9.95. The van der Waals surface area contributed by atoms with Gasteiger partial charge in [-0.15, -0.1) is 0 Å². The minimum absolute atomic E-state index is 0.0519. The number of ether oxygens (including phenoxy) is 2. The van der Waals surface area contributed by atoms with Crippen LogP contribution in [0.25, 0.3) is 0 Å². The van der Waals surface area contributed by atoms with Crippen molar-refractivity contribution < 1.29 is 36.8 Å². The number of benzene rings is 1. The van der Waals surface area contributed by atoms with Gasteiger partial charge in [-0.3, -0.25) is 13.9 Å². The summed E-state index contributed by atoms with van der Waals surface area (Å²) in [6, 6.07) is 5.88. The van der Waals surface area contributed by atoms with Gasteiger partial charge in [-0.2, -0.15) is 8.42 Å². The molecule has 3 rings (SSSR count). The maximum atomic E-state index is 12.7. The van der Waals surface area contributed by atoms with Gasteiger partial charge in [0, 0.05) is 6.42 Å². The topological polar surface area (TPSA) is 119 Å². The number of carbonyl (C=O) groups excluding carboxylic acids is 1. The normalized spacial score (nSPS) is 21.6. The van der Waals surface area contributed by atoms with Crippen LogP contribution < -0.4 is 0 Å². The Balaban J connectivity index is 1.66. The van der Waals surface area contributed by atoms with Gasteiger partial charge >= 0.3 is 12.1 Å². The van der Waals surface area contributed by atoms with Crippen LogP contribution in [-0.4, -0.2) is 61.6 Å². The zero-order valence-corrected chi connectivity index (χ0v) is 21.6. The van der Waals surface area contributed by atoms with Gasteiger partial charge in [0.15, 0.2) is 0 Å². The molecule has 1 amide bonds. The molecule has 2 fully saturated rings. The van der Waals surface area contributed by atoms with Crippen molar-refractivity contribution >= 4 is 22.2 Å². The molecule has 1 aliphatic heterocycles. The highest BCUT2D eigenvalue weighted by atomic mass is 32.2. The number of esters is 1. The Morgan fingerprint density at radius 2 is 1.83 bits per heavy atom. The van der Waals surface area contributed by atoms with Gasteiger partial charge < -0.3 is 14.6 Å². The lowest BCUT2D eigenvalue weighted by Gasteiger charge is -2.32. The Hall–Kier alpha value is -2.17. The second-order valence-corrected chi connectivity index (χ2v) is 11.6. The van der Waals surface area contributed by atoms with E-state index in [1.807, 2.05) is 6.92 Å². The van der Waals surface area contributed by atoms with Crippen LogP contribution >= 0.6 is 0 Å². The van der Waals surface area contributed by atoms with Crippen LogP contribution in [0.4, 0.5) is 4.79 Å². The van der Waals surface area contributed by atoms with E-state index in [2.05, 4.69) is 0 Å². The number of carboxylic acid groups (broad SMARTS) is 1. The van der Waals surface area contributed by atoms with E-state index < -0.39 is 33.9 Å². The van der Waals surface area contributed by atoms with Gasteiger partial charge in [-0.25, -0.2) is 4.79 Å². The molecule has 0 bridgehead atoms. The van der Waals surface area contributed by atoms with Gasteiger partial charge in [-0.05, 0) is 77.3 Å². The molecule has 1 saturated carbocycles. The lowest BCUT2D eigenvalue weighted by molar-refractivity contribution is -0.150. The summed E-state index contributed by atoms with van der Waals surface area (Å²) in [4.78, 5) is 25.6. The third-order valence-electron chi connectivity index (χ3n) is 6.76. The Kier molecular flexibility index (Phi) is 9.17. The fourth-order valence-electron chi connectivity index (χ4n) is 4.81. The van der Waals surface area contributed by atoms with Gasteiger partial charge in [0.1, 0.15) is 11.8 Å². The summed E-state index contributed by atoms with van der Waals surface area (Å²) in [5.41, 5.74) is -0.0635. The number of nitrogens with zero attached hydrogens (tertiary/aromatic N) is 1. The number of rotatable bonds is 10. The lowest BCUT2D eigenvalue weighted by Crippen LogP contribution is -2.47. The molecule has 0 radical (unpaired) electrons. The summed E-state index contributed by atoms with van der Waals surface area (Å²) in [5.74, 6) is -0.708. The second-order valence-electron chi connectivity index (χ2n) is 10.0. The molecule has 0 aromatic heterocycles. The summed E-state index contributed by atoms with van der Waals surface area (Å²) in [6.07, 6.45) is 4.56. The first-order valence-corrected chi connectivity index (χ1v) is 13.7. The van der Waals surface area contributed by atoms with Gasteiger partial charge in [0.2, 0.25) is 0 Å². The molecule has 10 heteroatoms. The van der Waals surface area contributed by atoms with Gasteiger partial charge in [-0.1, -0.05) is 24.1 Å². The van der Waals surface area contributed by atoms with E-state index >= 15 is 0 Å². The van der Waals surface area contributed by atoms with Crippen LogP contribution in [0, 0.1) is 12.8 Å². The summed E-state index contributed by atoms with van der Waals surface area (Å²) in [5, 5.41) is 9.71. The molecule has 1 N–H and O–H groups in total. The first-order chi connectivity index (χ1) is 16.5. The Morgan fingerprint density at radius 3 is 2.46 bits per heavy atom. The Labute approximate surface area is 207 Å². The van der Waals surface area contributed by atoms with Gasteiger partial charge in [0.25, 0.3) is 10.1 Å². The number of hydrogen-bond donors (Lipinski definition) is 1. The highest BCUT2D eigenvalue weighted by Crippen LogP contribution is 2.32. The minimum atomic E-state index is -4.00. The van der Waals surface area contributed by atoms with Crippen LogP contribution in [0.3, 0.4) is 0 Å². The predicted octanol–water partition coefficient (Wildman–Crippen LogP) is 4.48. The van der Waals surface area contributed by atoms with Crippen molar-refractivity contribution in [2.24, 2.45) is 5.92 Å². The molecule has 35 heavy (non-hydrogen) atoms. The molecule has 1 aliphatic carbocycles. The van der Waals surface area contributed by atoms with Crippen molar-refractivity contribution in [1.82, 2.24) is 4.90 Å². The summed E-state index contributed by atoms with van der Waals surface area (Å²) in [6.45, 7) is 5.23. The highest BCUT2D eigenvalue weighted by molar-refractivity contribution is 7.86. The molecule has 1 heterocycles. The molecular formula is C25H37NO8S. The van der Waals surface area contributed by atoms with Crippen molar-refractivity contribution in [3.8, 4) is 0 Å². The van der Waals surface area contributed by atoms with Crippen LogP contribution in [0.15, 0.2) is 29.2 Å². The second kappa shape index (κ2) is 11.7. The first kappa shape index (κ1) is 27.4. The zero-order chi connectivity index (χ0) is 25.6. The molecule has 1 unspecified atom stereocenters. The highest BCUT2D eigenvalue weighted by Gasteiger charge is 2.44. The number of amides is 1. The largest absolute Gasteiger partial charge is 0.465 e. The van der Waals surface area contributed by atoms with Crippen molar-refractivity contribution in [3.63, 3.8) is 0 Å². The van der Waals surface area contributed by atoms with Crippen LogP contribution in [0.5, 0.6) is 0 Å². The summed E-state index contributed by atoms with van der Waals surface area (Å²) >= 11 is 0. The van der Waals surface area contributed by atoms with E-state index in [1.165, 1.54) is 17.0 Å². The van der Waals surface area contributed by atoms with E-state index in [0.717, 1.165) is 37.7 Å². The number of aryl methyl sites for hydroxylation is 1. The molecule has 9 nitrogen and oxygen atoms in total. The van der Waals surface area contributed by atoms with Gasteiger partial charge in [0.05, 0.1) is 24.2 Å². The Morgan fingerprint density at radius 1 is 1.17 bits per heavy atom. The summed E-state index contributed by atoms with van der Waals surface area (Å²) in [7, 11) is -4.00. The van der Waals surface area contributed by atoms with E-state index in [0.29, 0.717) is 12.8 Å². The monoisotopic (exact) mass is 511 g/mol. The fourth-order valence-corrected chi connectivity index (χ4v) is 5.78. The first-order valence-electron chi connectivity index (χ1n) is 12.3. The molecule has 196 valence electrons. The number of carbonyl (C=O) groups is 2. The van der Waals surface area contributed by atoms with Crippen LogP contribution in [0.1, 0.15) is 70.8 Å². The maximum Gasteiger partial charge on any atom is 0.409 e. The van der Waals surface area contributed by atoms with Crippen molar-refractivity contribution in [1.29, 1.82) is 0 Å². The van der Waals surface area contributed by atoms with Crippen molar-refractivity contribution in [3.05, 3.63) is 29.8 Å². The smallest absolute Gasteiger partial charge is 0.409 e. The SMILES string of the molecule is Cc1ccc(S(=O)(=O)OC[C@@H](CCC(=O)OC2CCCCC2)CC2COC(C)(C)N2C(=O)O)cc1. The maximum absolute atomic E-state index is 12.7. The average molecular weight is 512 g/mol. The van der Waals surface area contributed by atoms with E-state index in [9.17, 15) is 23.1 Å². The molecule has 0 spiro atoms. The quantitative estimate of drug-likeness (QED) is 0.361. The molecule has 1 aromatic rings.